The van der Waals surface area contributed by atoms with Gasteiger partial charge in [-0.05, 0) is 23.8 Å². The summed E-state index contributed by atoms with van der Waals surface area (Å²) in [6.45, 7) is 5.11. The van der Waals surface area contributed by atoms with E-state index in [-0.39, 0.29) is 12.1 Å². The van der Waals surface area contributed by atoms with Crippen LogP contribution < -0.4 is 5.32 Å². The van der Waals surface area contributed by atoms with Crippen molar-refractivity contribution in [3.05, 3.63) is 59.4 Å². The third-order valence-electron chi connectivity index (χ3n) is 2.93. The van der Waals surface area contributed by atoms with Crippen molar-refractivity contribution in [3.8, 4) is 0 Å². The van der Waals surface area contributed by atoms with E-state index in [1.807, 2.05) is 18.5 Å². The molecule has 1 aromatic carbocycles. The number of hydrogen-bond donors (Lipinski definition) is 1. The summed E-state index contributed by atoms with van der Waals surface area (Å²) >= 11 is 0. The Morgan fingerprint density at radius 3 is 2.47 bits per heavy atom. The molecule has 1 heterocycles. The highest BCUT2D eigenvalue weighted by atomic mass is 19.1. The summed E-state index contributed by atoms with van der Waals surface area (Å²) in [5, 5.41) is 3.30. The van der Waals surface area contributed by atoms with E-state index in [1.54, 1.807) is 4.57 Å². The molecule has 0 amide bonds. The molecule has 0 fully saturated rings. The normalized spacial score (nSPS) is 11.2. The van der Waals surface area contributed by atoms with Crippen molar-refractivity contribution in [2.45, 2.75) is 33.0 Å². The van der Waals surface area contributed by atoms with Crippen molar-refractivity contribution in [1.82, 2.24) is 9.88 Å². The molecule has 102 valence electrons. The summed E-state index contributed by atoms with van der Waals surface area (Å²) in [5.74, 6) is -1.01. The maximum absolute atomic E-state index is 13.5. The Hall–Kier alpha value is -1.68. The number of hydrogen-bond acceptors (Lipinski definition) is 1. The highest BCUT2D eigenvalue weighted by Gasteiger charge is 2.09. The van der Waals surface area contributed by atoms with Crippen molar-refractivity contribution in [3.63, 3.8) is 0 Å². The van der Waals surface area contributed by atoms with Crippen LogP contribution in [0.4, 0.5) is 8.78 Å². The molecule has 0 radical (unpaired) electrons. The van der Waals surface area contributed by atoms with Gasteiger partial charge in [-0.3, -0.25) is 0 Å². The maximum atomic E-state index is 13.5. The summed E-state index contributed by atoms with van der Waals surface area (Å²) < 4.78 is 28.9. The second-order valence-corrected chi connectivity index (χ2v) is 4.93. The molecule has 0 spiro atoms. The number of nitrogens with one attached hydrogen (secondary N) is 1. The van der Waals surface area contributed by atoms with Gasteiger partial charge in [0.2, 0.25) is 0 Å². The molecule has 1 N–H and O–H groups in total. The zero-order valence-electron chi connectivity index (χ0n) is 11.2. The largest absolute Gasteiger partial charge is 0.349 e. The molecular formula is C15H18F2N2. The molecule has 1 aromatic heterocycles. The van der Waals surface area contributed by atoms with Crippen molar-refractivity contribution in [2.24, 2.45) is 0 Å². The van der Waals surface area contributed by atoms with E-state index >= 15 is 0 Å². The van der Waals surface area contributed by atoms with Gasteiger partial charge in [-0.25, -0.2) is 8.78 Å². The van der Waals surface area contributed by atoms with Crippen LogP contribution in [0.2, 0.25) is 0 Å². The molecular weight excluding hydrogens is 246 g/mol. The van der Waals surface area contributed by atoms with E-state index in [0.717, 1.165) is 12.1 Å². The molecule has 0 saturated carbocycles. The van der Waals surface area contributed by atoms with Crippen LogP contribution in [-0.2, 0) is 13.1 Å². The van der Waals surface area contributed by atoms with Crippen molar-refractivity contribution >= 4 is 0 Å². The Balaban J connectivity index is 2.07. The average molecular weight is 264 g/mol. The summed E-state index contributed by atoms with van der Waals surface area (Å²) in [5.41, 5.74) is 1.20. The molecule has 2 aromatic rings. The minimum atomic E-state index is -0.504. The lowest BCUT2D eigenvalue weighted by Crippen LogP contribution is -2.21. The first-order valence-corrected chi connectivity index (χ1v) is 6.37. The molecule has 0 atom stereocenters. The molecule has 0 unspecified atom stereocenters. The third kappa shape index (κ3) is 3.64. The molecule has 19 heavy (non-hydrogen) atoms. The Morgan fingerprint density at radius 2 is 1.84 bits per heavy atom. The zero-order valence-corrected chi connectivity index (χ0v) is 11.2. The van der Waals surface area contributed by atoms with E-state index in [2.05, 4.69) is 19.2 Å². The van der Waals surface area contributed by atoms with Crippen molar-refractivity contribution in [1.29, 1.82) is 0 Å². The topological polar surface area (TPSA) is 17.0 Å². The number of benzene rings is 1. The van der Waals surface area contributed by atoms with Crippen LogP contribution in [0.15, 0.2) is 36.7 Å². The first-order valence-electron chi connectivity index (χ1n) is 6.37. The molecule has 4 heteroatoms. The van der Waals surface area contributed by atoms with Gasteiger partial charge in [-0.1, -0.05) is 19.9 Å². The second-order valence-electron chi connectivity index (χ2n) is 4.93. The fourth-order valence-electron chi connectivity index (χ4n) is 1.88. The van der Waals surface area contributed by atoms with E-state index in [1.165, 1.54) is 18.2 Å². The number of nitrogens with zero attached hydrogens (tertiary/aromatic N) is 1. The fourth-order valence-corrected chi connectivity index (χ4v) is 1.88. The van der Waals surface area contributed by atoms with Gasteiger partial charge in [-0.2, -0.15) is 0 Å². The summed E-state index contributed by atoms with van der Waals surface area (Å²) in [6.07, 6.45) is 3.74. The number of rotatable bonds is 5. The molecule has 0 aliphatic rings. The molecule has 2 nitrogen and oxygen atoms in total. The Morgan fingerprint density at radius 1 is 1.16 bits per heavy atom. The molecule has 0 aliphatic carbocycles. The Bertz CT molecular complexity index is 527. The predicted octanol–water partition coefficient (Wildman–Crippen LogP) is 3.31. The highest BCUT2D eigenvalue weighted by molar-refractivity contribution is 5.21. The van der Waals surface area contributed by atoms with E-state index in [9.17, 15) is 8.78 Å². The van der Waals surface area contributed by atoms with Crippen LogP contribution in [0, 0.1) is 11.6 Å². The first kappa shape index (κ1) is 13.7. The van der Waals surface area contributed by atoms with Crippen LogP contribution in [0.3, 0.4) is 0 Å². The minimum absolute atomic E-state index is 0.0986. The van der Waals surface area contributed by atoms with Gasteiger partial charge in [0.1, 0.15) is 11.6 Å². The average Bonchev–Trinajstić information content (AvgIpc) is 2.79. The van der Waals surface area contributed by atoms with Gasteiger partial charge < -0.3 is 9.88 Å². The zero-order chi connectivity index (χ0) is 13.8. The lowest BCUT2D eigenvalue weighted by Gasteiger charge is -2.07. The quantitative estimate of drug-likeness (QED) is 0.876. The van der Waals surface area contributed by atoms with Crippen molar-refractivity contribution < 1.29 is 8.78 Å². The van der Waals surface area contributed by atoms with Crippen LogP contribution >= 0.6 is 0 Å². The molecule has 2 rings (SSSR count). The lowest BCUT2D eigenvalue weighted by atomic mass is 10.2. The Labute approximate surface area is 112 Å². The summed E-state index contributed by atoms with van der Waals surface area (Å²) in [4.78, 5) is 0. The number of halogens is 2. The van der Waals surface area contributed by atoms with Crippen LogP contribution in [-0.4, -0.2) is 10.6 Å². The van der Waals surface area contributed by atoms with Gasteiger partial charge in [0, 0.05) is 30.5 Å². The van der Waals surface area contributed by atoms with Crippen molar-refractivity contribution in [2.75, 3.05) is 0 Å². The van der Waals surface area contributed by atoms with E-state index in [0.29, 0.717) is 6.04 Å². The van der Waals surface area contributed by atoms with Gasteiger partial charge >= 0.3 is 0 Å². The smallest absolute Gasteiger partial charge is 0.131 e. The lowest BCUT2D eigenvalue weighted by molar-refractivity contribution is 0.544. The molecule has 0 saturated heterocycles. The predicted molar refractivity (Wildman–Crippen MR) is 71.9 cm³/mol. The van der Waals surface area contributed by atoms with Gasteiger partial charge in [0.25, 0.3) is 0 Å². The first-order chi connectivity index (χ1) is 9.06. The Kier molecular flexibility index (Phi) is 4.32. The molecule has 0 bridgehead atoms. The molecule has 0 aliphatic heterocycles. The summed E-state index contributed by atoms with van der Waals surface area (Å²) in [7, 11) is 0. The van der Waals surface area contributed by atoms with Gasteiger partial charge in [0.15, 0.2) is 0 Å². The standard InChI is InChI=1S/C15H18F2N2/c1-11(2)18-8-12-6-7-19(9-12)10-13-14(16)4-3-5-15(13)17/h3-7,9,11,18H,8,10H2,1-2H3. The van der Waals surface area contributed by atoms with Gasteiger partial charge in [0.05, 0.1) is 6.54 Å². The number of aromatic nitrogens is 1. The van der Waals surface area contributed by atoms with Crippen LogP contribution in [0.1, 0.15) is 25.0 Å². The maximum Gasteiger partial charge on any atom is 0.131 e. The SMILES string of the molecule is CC(C)NCc1ccn(Cc2c(F)cccc2F)c1. The van der Waals surface area contributed by atoms with Gasteiger partial charge in [-0.15, -0.1) is 0 Å². The highest BCUT2D eigenvalue weighted by Crippen LogP contribution is 2.14. The van der Waals surface area contributed by atoms with Crippen LogP contribution in [0.5, 0.6) is 0 Å². The van der Waals surface area contributed by atoms with Crippen LogP contribution in [0.25, 0.3) is 0 Å². The fraction of sp³-hybridized carbons (Fsp3) is 0.333. The van der Waals surface area contributed by atoms with E-state index < -0.39 is 11.6 Å². The van der Waals surface area contributed by atoms with E-state index in [4.69, 9.17) is 0 Å². The summed E-state index contributed by atoms with van der Waals surface area (Å²) in [6, 6.07) is 6.30. The third-order valence-corrected chi connectivity index (χ3v) is 2.93. The monoisotopic (exact) mass is 264 g/mol. The second kappa shape index (κ2) is 5.97. The minimum Gasteiger partial charge on any atom is -0.349 e.